The molecule has 0 bridgehead atoms. The zero-order valence-corrected chi connectivity index (χ0v) is 12.6. The van der Waals surface area contributed by atoms with Gasteiger partial charge in [0, 0.05) is 22.4 Å². The quantitative estimate of drug-likeness (QED) is 0.894. The topological polar surface area (TPSA) is 48.9 Å². The average Bonchev–Trinajstić information content (AvgIpc) is 2.80. The highest BCUT2D eigenvalue weighted by atomic mass is 79.9. The van der Waals surface area contributed by atoms with Gasteiger partial charge in [-0.2, -0.15) is 0 Å². The van der Waals surface area contributed by atoms with Crippen molar-refractivity contribution in [3.05, 3.63) is 51.0 Å². The summed E-state index contributed by atoms with van der Waals surface area (Å²) in [5.74, 6) is 0.552. The van der Waals surface area contributed by atoms with E-state index >= 15 is 0 Å². The maximum Gasteiger partial charge on any atom is 0.145 e. The molecule has 1 aromatic heterocycles. The zero-order chi connectivity index (χ0) is 13.5. The molecule has 0 aliphatic heterocycles. The van der Waals surface area contributed by atoms with E-state index in [1.807, 2.05) is 13.8 Å². The highest BCUT2D eigenvalue weighted by molar-refractivity contribution is 9.10. The summed E-state index contributed by atoms with van der Waals surface area (Å²) in [6.07, 6.45) is 3.37. The summed E-state index contributed by atoms with van der Waals surface area (Å²) in [4.78, 5) is 7.17. The molecular formula is C14H17BrN2O. The summed E-state index contributed by atoms with van der Waals surface area (Å²) in [7, 11) is 0. The zero-order valence-electron chi connectivity index (χ0n) is 11.0. The first-order chi connectivity index (χ1) is 8.35. The molecule has 0 spiro atoms. The van der Waals surface area contributed by atoms with Crippen LogP contribution in [0.1, 0.15) is 35.0 Å². The lowest BCUT2D eigenvalue weighted by Crippen LogP contribution is -2.27. The van der Waals surface area contributed by atoms with E-state index in [0.717, 1.165) is 26.7 Å². The number of rotatable bonds is 2. The highest BCUT2D eigenvalue weighted by Gasteiger charge is 2.33. The summed E-state index contributed by atoms with van der Waals surface area (Å²) < 4.78 is 0.937. The Hall–Kier alpha value is -1.13. The number of aliphatic hydroxyl groups is 1. The van der Waals surface area contributed by atoms with Gasteiger partial charge in [-0.3, -0.25) is 0 Å². The first kappa shape index (κ1) is 13.3. The molecule has 4 heteroatoms. The Labute approximate surface area is 115 Å². The van der Waals surface area contributed by atoms with Gasteiger partial charge in [0.2, 0.25) is 0 Å². The van der Waals surface area contributed by atoms with Gasteiger partial charge in [-0.15, -0.1) is 0 Å². The molecule has 3 nitrogen and oxygen atoms in total. The van der Waals surface area contributed by atoms with Crippen molar-refractivity contribution in [1.29, 1.82) is 0 Å². The maximum atomic E-state index is 10.8. The normalized spacial score (nSPS) is 14.6. The summed E-state index contributed by atoms with van der Waals surface area (Å²) >= 11 is 3.58. The first-order valence-electron chi connectivity index (χ1n) is 5.84. The van der Waals surface area contributed by atoms with Gasteiger partial charge in [0.25, 0.3) is 0 Å². The average molecular weight is 309 g/mol. The highest BCUT2D eigenvalue weighted by Crippen LogP contribution is 2.37. The van der Waals surface area contributed by atoms with Crippen molar-refractivity contribution in [2.45, 2.75) is 33.3 Å². The van der Waals surface area contributed by atoms with Crippen LogP contribution >= 0.6 is 15.9 Å². The van der Waals surface area contributed by atoms with Crippen LogP contribution in [0.3, 0.4) is 0 Å². The number of benzene rings is 1. The standard InChI is InChI=1S/C14H17BrN2O/c1-8-7-9(2)12(15)11(10(8)3)14(4,18)13-16-5-6-17-13/h5-7,18H,1-4H3,(H,16,17). The molecule has 1 aromatic carbocycles. The van der Waals surface area contributed by atoms with Gasteiger partial charge >= 0.3 is 0 Å². The van der Waals surface area contributed by atoms with E-state index < -0.39 is 5.60 Å². The summed E-state index contributed by atoms with van der Waals surface area (Å²) in [6.45, 7) is 7.86. The second kappa shape index (κ2) is 4.52. The van der Waals surface area contributed by atoms with Crippen LogP contribution in [-0.4, -0.2) is 15.1 Å². The number of aromatic nitrogens is 2. The summed E-state index contributed by atoms with van der Waals surface area (Å²) in [6, 6.07) is 2.11. The molecule has 2 N–H and O–H groups in total. The fourth-order valence-electron chi connectivity index (χ4n) is 2.28. The van der Waals surface area contributed by atoms with Crippen molar-refractivity contribution in [3.63, 3.8) is 0 Å². The van der Waals surface area contributed by atoms with E-state index in [2.05, 4.69) is 38.9 Å². The fraction of sp³-hybridized carbons (Fsp3) is 0.357. The lowest BCUT2D eigenvalue weighted by molar-refractivity contribution is 0.0915. The number of nitrogens with zero attached hydrogens (tertiary/aromatic N) is 1. The van der Waals surface area contributed by atoms with Crippen LogP contribution in [0.15, 0.2) is 22.9 Å². The number of aryl methyl sites for hydroxylation is 2. The van der Waals surface area contributed by atoms with E-state index in [4.69, 9.17) is 0 Å². The third-order valence-electron chi connectivity index (χ3n) is 3.41. The Kier molecular flexibility index (Phi) is 3.34. The van der Waals surface area contributed by atoms with Crippen LogP contribution in [0.5, 0.6) is 0 Å². The van der Waals surface area contributed by atoms with Crippen molar-refractivity contribution in [1.82, 2.24) is 9.97 Å². The SMILES string of the molecule is Cc1cc(C)c(Br)c(C(C)(O)c2ncc[nH]2)c1C. The molecule has 1 atom stereocenters. The van der Waals surface area contributed by atoms with Crippen molar-refractivity contribution >= 4 is 15.9 Å². The van der Waals surface area contributed by atoms with Crippen molar-refractivity contribution in [3.8, 4) is 0 Å². The van der Waals surface area contributed by atoms with E-state index in [1.165, 1.54) is 0 Å². The second-order valence-electron chi connectivity index (χ2n) is 4.83. The molecule has 18 heavy (non-hydrogen) atoms. The minimum atomic E-state index is -1.14. The van der Waals surface area contributed by atoms with Crippen LogP contribution in [0, 0.1) is 20.8 Å². The lowest BCUT2D eigenvalue weighted by atomic mass is 9.87. The van der Waals surface area contributed by atoms with Crippen molar-refractivity contribution in [2.75, 3.05) is 0 Å². The molecule has 2 aromatic rings. The van der Waals surface area contributed by atoms with Crippen molar-refractivity contribution in [2.24, 2.45) is 0 Å². The lowest BCUT2D eigenvalue weighted by Gasteiger charge is -2.27. The Morgan fingerprint density at radius 3 is 2.50 bits per heavy atom. The monoisotopic (exact) mass is 308 g/mol. The third-order valence-corrected chi connectivity index (χ3v) is 4.43. The molecule has 96 valence electrons. The molecule has 0 saturated heterocycles. The predicted octanol–water partition coefficient (Wildman–Crippen LogP) is 3.35. The van der Waals surface area contributed by atoms with Gasteiger partial charge in [0.05, 0.1) is 0 Å². The molecule has 0 fully saturated rings. The van der Waals surface area contributed by atoms with Crippen LogP contribution in [0.25, 0.3) is 0 Å². The number of imidazole rings is 1. The summed E-state index contributed by atoms with van der Waals surface area (Å²) in [5.41, 5.74) is 3.09. The number of H-pyrrole nitrogens is 1. The van der Waals surface area contributed by atoms with Crippen LogP contribution < -0.4 is 0 Å². The largest absolute Gasteiger partial charge is 0.377 e. The van der Waals surface area contributed by atoms with E-state index in [0.29, 0.717) is 5.82 Å². The van der Waals surface area contributed by atoms with Gasteiger partial charge in [-0.1, -0.05) is 22.0 Å². The number of nitrogens with one attached hydrogen (secondary N) is 1. The van der Waals surface area contributed by atoms with Gasteiger partial charge in [0.15, 0.2) is 0 Å². The number of hydrogen-bond donors (Lipinski definition) is 2. The first-order valence-corrected chi connectivity index (χ1v) is 6.64. The Bertz CT molecular complexity index is 548. The van der Waals surface area contributed by atoms with Crippen LogP contribution in [0.2, 0.25) is 0 Å². The molecule has 0 aliphatic carbocycles. The Morgan fingerprint density at radius 1 is 1.28 bits per heavy atom. The molecule has 1 heterocycles. The van der Waals surface area contributed by atoms with E-state index in [9.17, 15) is 5.11 Å². The smallest absolute Gasteiger partial charge is 0.145 e. The number of hydrogen-bond acceptors (Lipinski definition) is 2. The maximum absolute atomic E-state index is 10.8. The van der Waals surface area contributed by atoms with Crippen molar-refractivity contribution < 1.29 is 5.11 Å². The van der Waals surface area contributed by atoms with Gasteiger partial charge < -0.3 is 10.1 Å². The Morgan fingerprint density at radius 2 is 1.94 bits per heavy atom. The van der Waals surface area contributed by atoms with Gasteiger partial charge in [0.1, 0.15) is 11.4 Å². The number of aromatic amines is 1. The number of halogens is 1. The Balaban J connectivity index is 2.72. The van der Waals surface area contributed by atoms with Crippen LogP contribution in [0.4, 0.5) is 0 Å². The fourth-order valence-corrected chi connectivity index (χ4v) is 3.08. The molecule has 0 aliphatic rings. The predicted molar refractivity (Wildman–Crippen MR) is 75.6 cm³/mol. The third kappa shape index (κ3) is 1.99. The molecule has 2 rings (SSSR count). The van der Waals surface area contributed by atoms with Crippen LogP contribution in [-0.2, 0) is 5.60 Å². The molecular weight excluding hydrogens is 292 g/mol. The second-order valence-corrected chi connectivity index (χ2v) is 5.63. The van der Waals surface area contributed by atoms with Gasteiger partial charge in [-0.25, -0.2) is 4.98 Å². The minimum Gasteiger partial charge on any atom is -0.377 e. The molecule has 1 unspecified atom stereocenters. The van der Waals surface area contributed by atoms with E-state index in [1.54, 1.807) is 19.3 Å². The van der Waals surface area contributed by atoms with Gasteiger partial charge in [-0.05, 0) is 44.4 Å². The van der Waals surface area contributed by atoms with E-state index in [-0.39, 0.29) is 0 Å². The summed E-state index contributed by atoms with van der Waals surface area (Å²) in [5, 5.41) is 10.8. The molecule has 0 amide bonds. The molecule has 0 radical (unpaired) electrons. The molecule has 0 saturated carbocycles. The minimum absolute atomic E-state index is 0.552.